The number of aliphatic hydroxyl groups excluding tert-OH is 2. The molecule has 0 aliphatic rings. The van der Waals surface area contributed by atoms with Crippen LogP contribution in [0.3, 0.4) is 0 Å². The number of carbonyl (C=O) groups excluding carboxylic acids is 1. The maximum Gasteiger partial charge on any atom is 0.269 e. The molecular formula is C35H44ClN4O5P. The summed E-state index contributed by atoms with van der Waals surface area (Å²) in [7, 11) is 0.132. The lowest BCUT2D eigenvalue weighted by molar-refractivity contribution is -0.384. The third-order valence-corrected chi connectivity index (χ3v) is 12.8. The Bertz CT molecular complexity index is 1450. The molecule has 1 aromatic heterocycles. The van der Waals surface area contributed by atoms with Gasteiger partial charge in [0.25, 0.3) is 5.69 Å². The number of amides is 1. The van der Waals surface area contributed by atoms with Crippen molar-refractivity contribution < 1.29 is 32.3 Å². The van der Waals surface area contributed by atoms with Crippen molar-refractivity contribution in [1.82, 2.24) is 15.1 Å². The van der Waals surface area contributed by atoms with Crippen LogP contribution in [0.1, 0.15) is 63.0 Å². The average molecular weight is 667 g/mol. The van der Waals surface area contributed by atoms with Gasteiger partial charge in [0.2, 0.25) is 5.91 Å². The van der Waals surface area contributed by atoms with E-state index in [1.165, 1.54) is 40.2 Å². The molecule has 0 saturated carbocycles. The highest BCUT2D eigenvalue weighted by Crippen LogP contribution is 2.56. The molecule has 2 unspecified atom stereocenters. The number of aliphatic hydroxyl groups is 2. The highest BCUT2D eigenvalue weighted by atomic mass is 35.5. The van der Waals surface area contributed by atoms with Gasteiger partial charge in [-0.05, 0) is 61.2 Å². The van der Waals surface area contributed by atoms with E-state index in [1.54, 1.807) is 0 Å². The number of rotatable bonds is 18. The Balaban J connectivity index is 0.00000576. The molecule has 46 heavy (non-hydrogen) atoms. The van der Waals surface area contributed by atoms with E-state index in [0.29, 0.717) is 12.0 Å². The summed E-state index contributed by atoms with van der Waals surface area (Å²) in [6, 6.07) is 26.3. The average Bonchev–Trinajstić information content (AvgIpc) is 3.51. The monoisotopic (exact) mass is 666 g/mol. The molecule has 0 aliphatic carbocycles. The maximum atomic E-state index is 12.5. The van der Waals surface area contributed by atoms with Gasteiger partial charge in [0.05, 0.1) is 36.1 Å². The van der Waals surface area contributed by atoms with Crippen LogP contribution in [0.25, 0.3) is 0 Å². The number of halogens is 1. The molecular weight excluding hydrogens is 623 g/mol. The van der Waals surface area contributed by atoms with Gasteiger partial charge in [0, 0.05) is 25.6 Å². The molecule has 4 rings (SSSR count). The molecule has 3 aromatic carbocycles. The predicted octanol–water partition coefficient (Wildman–Crippen LogP) is 1.96. The van der Waals surface area contributed by atoms with Crippen molar-refractivity contribution in [2.45, 2.75) is 63.5 Å². The smallest absolute Gasteiger partial charge is 0.269 e. The van der Waals surface area contributed by atoms with Crippen LogP contribution in [0.2, 0.25) is 0 Å². The van der Waals surface area contributed by atoms with Crippen molar-refractivity contribution in [2.24, 2.45) is 7.05 Å². The fraction of sp³-hybridized carbons (Fsp3) is 0.371. The van der Waals surface area contributed by atoms with Crippen LogP contribution in [-0.2, 0) is 11.8 Å². The topological polar surface area (TPSA) is 131 Å². The van der Waals surface area contributed by atoms with E-state index in [1.807, 2.05) is 17.9 Å². The van der Waals surface area contributed by atoms with Crippen molar-refractivity contribution in [2.75, 3.05) is 12.8 Å². The van der Waals surface area contributed by atoms with Gasteiger partial charge in [0.1, 0.15) is 29.3 Å². The molecule has 0 fully saturated rings. The minimum Gasteiger partial charge on any atom is -1.00 e. The Kier molecular flexibility index (Phi) is 14.8. The maximum absolute atomic E-state index is 12.5. The van der Waals surface area contributed by atoms with Crippen molar-refractivity contribution in [3.8, 4) is 0 Å². The van der Waals surface area contributed by atoms with Gasteiger partial charge in [-0.25, -0.2) is 0 Å². The first kappa shape index (κ1) is 36.8. The number of benzene rings is 3. The van der Waals surface area contributed by atoms with Crippen molar-refractivity contribution in [3.63, 3.8) is 0 Å². The number of nitro groups is 1. The van der Waals surface area contributed by atoms with Crippen molar-refractivity contribution in [3.05, 3.63) is 113 Å². The summed E-state index contributed by atoms with van der Waals surface area (Å²) < 4.78 is 1.90. The number of hydrogen-bond donors (Lipinski definition) is 3. The molecule has 1 amide bonds. The fourth-order valence-electron chi connectivity index (χ4n) is 5.85. The first-order chi connectivity index (χ1) is 21.8. The third kappa shape index (κ3) is 9.69. The summed E-state index contributed by atoms with van der Waals surface area (Å²) in [5.41, 5.74) is 0.307. The van der Waals surface area contributed by atoms with Gasteiger partial charge in [-0.1, -0.05) is 62.1 Å². The summed E-state index contributed by atoms with van der Waals surface area (Å²) in [5.74, 6) is -0.229. The Morgan fingerprint density at radius 1 is 0.870 bits per heavy atom. The Hall–Kier alpha value is -3.62. The number of nitro benzene ring substituents is 1. The Morgan fingerprint density at radius 2 is 1.41 bits per heavy atom. The number of hydrogen-bond acceptors (Lipinski definition) is 6. The zero-order chi connectivity index (χ0) is 32.1. The largest absolute Gasteiger partial charge is 1.00 e. The van der Waals surface area contributed by atoms with Gasteiger partial charge < -0.3 is 27.9 Å². The quantitative estimate of drug-likeness (QED) is 0.0645. The molecule has 0 radical (unpaired) electrons. The first-order valence-electron chi connectivity index (χ1n) is 15.7. The molecule has 2 atom stereocenters. The van der Waals surface area contributed by atoms with Gasteiger partial charge >= 0.3 is 0 Å². The standard InChI is InChI=1S/C35H43N4O5P.ClH/c1-38-26-32(25-36-38)45(30-15-9-7-10-16-30,31-17-11-8-12-18-31)24-14-6-4-2-3-5-13-19-34(41)37-33(27-40)35(42)28-20-22-29(23-21-28)39(43)44;/h7-12,15-18,20-23,25-26,33,35,40,42H,2-6,13-14,19,24,27H2,1H3;1H. The van der Waals surface area contributed by atoms with Crippen molar-refractivity contribution in [1.29, 1.82) is 0 Å². The van der Waals surface area contributed by atoms with Crippen LogP contribution in [0.4, 0.5) is 5.69 Å². The molecule has 4 aromatic rings. The molecule has 3 N–H and O–H groups in total. The van der Waals surface area contributed by atoms with Crippen LogP contribution in [0.5, 0.6) is 0 Å². The van der Waals surface area contributed by atoms with Gasteiger partial charge in [0.15, 0.2) is 0 Å². The van der Waals surface area contributed by atoms with E-state index in [0.717, 1.165) is 51.1 Å². The molecule has 9 nitrogen and oxygen atoms in total. The van der Waals surface area contributed by atoms with E-state index in [9.17, 15) is 25.1 Å². The SMILES string of the molecule is Cn1cc([P+](CCCCCCCCCC(=O)NC(CO)C(O)c2ccc([N+](=O)[O-])cc2)(c2ccccc2)c2ccccc2)cn1.[Cl-]. The number of aryl methyl sites for hydroxylation is 1. The van der Waals surface area contributed by atoms with Crippen LogP contribution in [0, 0.1) is 10.1 Å². The van der Waals surface area contributed by atoms with Crippen LogP contribution >= 0.6 is 7.26 Å². The minimum atomic E-state index is -1.85. The second-order valence-electron chi connectivity index (χ2n) is 11.5. The molecule has 0 spiro atoms. The van der Waals surface area contributed by atoms with E-state index in [2.05, 4.69) is 77.3 Å². The number of nitrogens with zero attached hydrogens (tertiary/aromatic N) is 3. The Labute approximate surface area is 278 Å². The fourth-order valence-corrected chi connectivity index (χ4v) is 10.2. The van der Waals surface area contributed by atoms with E-state index < -0.39 is 30.9 Å². The lowest BCUT2D eigenvalue weighted by Gasteiger charge is -2.26. The predicted molar refractivity (Wildman–Crippen MR) is 181 cm³/mol. The zero-order valence-corrected chi connectivity index (χ0v) is 27.9. The van der Waals surface area contributed by atoms with E-state index >= 15 is 0 Å². The van der Waals surface area contributed by atoms with Crippen LogP contribution in [0.15, 0.2) is 97.3 Å². The zero-order valence-electron chi connectivity index (χ0n) is 26.2. The van der Waals surface area contributed by atoms with Crippen molar-refractivity contribution >= 4 is 34.8 Å². The second-order valence-corrected chi connectivity index (χ2v) is 15.1. The summed E-state index contributed by atoms with van der Waals surface area (Å²) in [6.45, 7) is -0.442. The summed E-state index contributed by atoms with van der Waals surface area (Å²) in [6.07, 6.45) is 11.7. The summed E-state index contributed by atoms with van der Waals surface area (Å²) >= 11 is 0. The summed E-state index contributed by atoms with van der Waals surface area (Å²) in [5, 5.41) is 42.5. The second kappa shape index (κ2) is 18.5. The summed E-state index contributed by atoms with van der Waals surface area (Å²) in [4.78, 5) is 22.8. The lowest BCUT2D eigenvalue weighted by Crippen LogP contribution is -3.00. The highest BCUT2D eigenvalue weighted by molar-refractivity contribution is 7.95. The number of aromatic nitrogens is 2. The van der Waals surface area contributed by atoms with Crippen LogP contribution < -0.4 is 33.6 Å². The van der Waals surface area contributed by atoms with Gasteiger partial charge in [-0.2, -0.15) is 5.10 Å². The lowest BCUT2D eigenvalue weighted by atomic mass is 10.0. The van der Waals surface area contributed by atoms with Gasteiger partial charge in [-0.15, -0.1) is 0 Å². The Morgan fingerprint density at radius 3 is 1.91 bits per heavy atom. The first-order valence-corrected chi connectivity index (χ1v) is 17.6. The van der Waals surface area contributed by atoms with E-state index in [-0.39, 0.29) is 24.0 Å². The molecule has 246 valence electrons. The number of unbranched alkanes of at least 4 members (excludes halogenated alkanes) is 6. The molecule has 0 aliphatic heterocycles. The highest BCUT2D eigenvalue weighted by Gasteiger charge is 2.45. The molecule has 0 bridgehead atoms. The number of non-ortho nitro benzene ring substituents is 1. The van der Waals surface area contributed by atoms with Crippen LogP contribution in [-0.4, -0.2) is 49.6 Å². The number of nitrogens with one attached hydrogen (secondary N) is 1. The van der Waals surface area contributed by atoms with Gasteiger partial charge in [-0.3, -0.25) is 19.6 Å². The molecule has 1 heterocycles. The third-order valence-electron chi connectivity index (χ3n) is 8.29. The minimum absolute atomic E-state index is 0. The van der Waals surface area contributed by atoms with E-state index in [4.69, 9.17) is 0 Å². The molecule has 0 saturated heterocycles. The normalized spacial score (nSPS) is 12.6. The number of carbonyl (C=O) groups is 1. The molecule has 11 heteroatoms.